The van der Waals surface area contributed by atoms with Gasteiger partial charge >= 0.3 is 0 Å². The fourth-order valence-corrected chi connectivity index (χ4v) is 6.37. The van der Waals surface area contributed by atoms with Crippen molar-refractivity contribution in [2.75, 3.05) is 0 Å². The van der Waals surface area contributed by atoms with Crippen molar-refractivity contribution in [1.82, 2.24) is 9.71 Å². The summed E-state index contributed by atoms with van der Waals surface area (Å²) in [5.74, 6) is 0. The molecule has 2 aromatic heterocycles. The maximum Gasteiger partial charge on any atom is 0.243 e. The van der Waals surface area contributed by atoms with E-state index in [9.17, 15) is 8.42 Å². The van der Waals surface area contributed by atoms with Crippen LogP contribution in [0.15, 0.2) is 26.3 Å². The number of hydrogen-bond donors (Lipinski definition) is 2. The monoisotopic (exact) mass is 395 g/mol. The lowest BCUT2D eigenvalue weighted by Gasteiger charge is -2.23. The van der Waals surface area contributed by atoms with Crippen LogP contribution in [0.2, 0.25) is 0 Å². The third-order valence-electron chi connectivity index (χ3n) is 2.55. The molecule has 20 heavy (non-hydrogen) atoms. The fourth-order valence-electron chi connectivity index (χ4n) is 1.65. The molecule has 0 radical (unpaired) electrons. The van der Waals surface area contributed by atoms with E-state index >= 15 is 0 Å². The molecule has 0 aromatic carbocycles. The van der Waals surface area contributed by atoms with Crippen LogP contribution in [0.25, 0.3) is 0 Å². The van der Waals surface area contributed by atoms with E-state index in [1.807, 2.05) is 5.38 Å². The second-order valence-electron chi connectivity index (χ2n) is 4.62. The summed E-state index contributed by atoms with van der Waals surface area (Å²) >= 11 is 6.02. The van der Waals surface area contributed by atoms with E-state index < -0.39 is 15.6 Å². The van der Waals surface area contributed by atoms with E-state index in [4.69, 9.17) is 5.73 Å². The molecule has 0 saturated carbocycles. The first-order chi connectivity index (χ1) is 9.26. The third kappa shape index (κ3) is 3.29. The second kappa shape index (κ2) is 5.82. The molecule has 0 saturated heterocycles. The van der Waals surface area contributed by atoms with Gasteiger partial charge in [-0.25, -0.2) is 13.4 Å². The minimum Gasteiger partial charge on any atom is -0.326 e. The number of thiophene rings is 1. The Bertz CT molecular complexity index is 693. The Morgan fingerprint density at radius 1 is 1.50 bits per heavy atom. The zero-order valence-electron chi connectivity index (χ0n) is 10.9. The fraction of sp³-hybridized carbons (Fsp3) is 0.364. The number of nitrogens with one attached hydrogen (secondary N) is 1. The van der Waals surface area contributed by atoms with Gasteiger partial charge in [0, 0.05) is 23.0 Å². The van der Waals surface area contributed by atoms with Gasteiger partial charge in [-0.15, -0.1) is 22.7 Å². The average Bonchev–Trinajstić information content (AvgIpc) is 2.95. The first-order valence-corrected chi connectivity index (χ1v) is 9.66. The molecule has 110 valence electrons. The van der Waals surface area contributed by atoms with Crippen molar-refractivity contribution in [2.45, 2.75) is 30.8 Å². The number of halogens is 1. The van der Waals surface area contributed by atoms with Gasteiger partial charge in [0.2, 0.25) is 10.0 Å². The van der Waals surface area contributed by atoms with Gasteiger partial charge in [-0.3, -0.25) is 0 Å². The largest absolute Gasteiger partial charge is 0.326 e. The number of thiazole rings is 1. The normalized spacial score (nSPS) is 12.8. The molecule has 2 heterocycles. The number of aromatic nitrogens is 1. The summed E-state index contributed by atoms with van der Waals surface area (Å²) in [6.07, 6.45) is 1.66. The highest BCUT2D eigenvalue weighted by Crippen LogP contribution is 2.33. The molecule has 0 aliphatic rings. The summed E-state index contributed by atoms with van der Waals surface area (Å²) < 4.78 is 28.2. The van der Waals surface area contributed by atoms with Gasteiger partial charge in [0.1, 0.15) is 9.90 Å². The molecular formula is C11H14BrN3O2S3. The Kier molecular flexibility index (Phi) is 4.67. The summed E-state index contributed by atoms with van der Waals surface area (Å²) in [4.78, 5) is 5.20. The Balaban J connectivity index is 2.34. The molecule has 0 unspecified atom stereocenters. The van der Waals surface area contributed by atoms with E-state index in [0.717, 1.165) is 4.88 Å². The molecule has 0 amide bonds. The molecule has 0 spiro atoms. The van der Waals surface area contributed by atoms with Crippen LogP contribution in [0, 0.1) is 0 Å². The second-order valence-corrected chi connectivity index (χ2v) is 9.62. The summed E-state index contributed by atoms with van der Waals surface area (Å²) in [5.41, 5.74) is 4.78. The number of rotatable bonds is 5. The van der Waals surface area contributed by atoms with Gasteiger partial charge in [0.05, 0.1) is 9.33 Å². The molecule has 5 nitrogen and oxygen atoms in total. The average molecular weight is 396 g/mol. The van der Waals surface area contributed by atoms with Crippen molar-refractivity contribution in [1.29, 1.82) is 0 Å². The molecule has 3 N–H and O–H groups in total. The van der Waals surface area contributed by atoms with Crippen molar-refractivity contribution in [3.05, 3.63) is 31.3 Å². The molecule has 0 aliphatic heterocycles. The zero-order valence-corrected chi connectivity index (χ0v) is 14.9. The maximum absolute atomic E-state index is 12.5. The first kappa shape index (κ1) is 16.1. The lowest BCUT2D eigenvalue weighted by molar-refractivity contribution is 0.470. The van der Waals surface area contributed by atoms with Crippen LogP contribution < -0.4 is 10.5 Å². The molecule has 0 aliphatic carbocycles. The van der Waals surface area contributed by atoms with Crippen LogP contribution in [-0.4, -0.2) is 13.4 Å². The van der Waals surface area contributed by atoms with Crippen LogP contribution in [0.5, 0.6) is 0 Å². The third-order valence-corrected chi connectivity index (χ3v) is 7.58. The summed E-state index contributed by atoms with van der Waals surface area (Å²) in [5, 5.41) is 2.53. The Hall–Kier alpha value is -0.320. The molecule has 9 heteroatoms. The number of hydrogen-bond acceptors (Lipinski definition) is 6. The number of nitrogens with zero attached hydrogens (tertiary/aromatic N) is 1. The Morgan fingerprint density at radius 2 is 2.20 bits per heavy atom. The van der Waals surface area contributed by atoms with Gasteiger partial charge in [0.15, 0.2) is 0 Å². The molecule has 2 rings (SSSR count). The standard InChI is InChI=1S/C11H14BrN3O2S3/c1-11(2,10-14-3-4-18-10)15-20(16,17)8-5-7(6-13)19-9(8)12/h3-5,15H,6,13H2,1-2H3. The SMILES string of the molecule is CC(C)(NS(=O)(=O)c1cc(CN)sc1Br)c1nccs1. The van der Waals surface area contributed by atoms with E-state index in [2.05, 4.69) is 25.6 Å². The lowest BCUT2D eigenvalue weighted by atomic mass is 10.1. The summed E-state index contributed by atoms with van der Waals surface area (Å²) in [6, 6.07) is 1.59. The van der Waals surface area contributed by atoms with Crippen molar-refractivity contribution in [2.24, 2.45) is 5.73 Å². The number of sulfonamides is 1. The molecule has 0 fully saturated rings. The highest BCUT2D eigenvalue weighted by Gasteiger charge is 2.31. The van der Waals surface area contributed by atoms with Gasteiger partial charge in [-0.1, -0.05) is 0 Å². The highest BCUT2D eigenvalue weighted by atomic mass is 79.9. The predicted molar refractivity (Wildman–Crippen MR) is 85.4 cm³/mol. The maximum atomic E-state index is 12.5. The molecule has 2 aromatic rings. The Labute approximate surface area is 134 Å². The van der Waals surface area contributed by atoms with Gasteiger partial charge in [-0.05, 0) is 35.8 Å². The van der Waals surface area contributed by atoms with E-state index in [0.29, 0.717) is 15.3 Å². The van der Waals surface area contributed by atoms with Gasteiger partial charge in [0.25, 0.3) is 0 Å². The summed E-state index contributed by atoms with van der Waals surface area (Å²) in [6.45, 7) is 3.88. The topological polar surface area (TPSA) is 85.1 Å². The molecule has 0 bridgehead atoms. The Morgan fingerprint density at radius 3 is 2.70 bits per heavy atom. The van der Waals surface area contributed by atoms with Crippen molar-refractivity contribution < 1.29 is 8.42 Å². The van der Waals surface area contributed by atoms with Crippen molar-refractivity contribution in [3.8, 4) is 0 Å². The smallest absolute Gasteiger partial charge is 0.243 e. The quantitative estimate of drug-likeness (QED) is 0.814. The van der Waals surface area contributed by atoms with Crippen LogP contribution in [-0.2, 0) is 22.1 Å². The van der Waals surface area contributed by atoms with Crippen LogP contribution in [0.3, 0.4) is 0 Å². The van der Waals surface area contributed by atoms with Gasteiger partial charge in [-0.2, -0.15) is 4.72 Å². The van der Waals surface area contributed by atoms with Crippen LogP contribution >= 0.6 is 38.6 Å². The van der Waals surface area contributed by atoms with E-state index in [1.54, 1.807) is 26.1 Å². The van der Waals surface area contributed by atoms with E-state index in [-0.39, 0.29) is 4.90 Å². The van der Waals surface area contributed by atoms with Crippen LogP contribution in [0.4, 0.5) is 0 Å². The minimum atomic E-state index is -3.64. The molecular weight excluding hydrogens is 382 g/mol. The van der Waals surface area contributed by atoms with E-state index in [1.165, 1.54) is 22.7 Å². The number of nitrogens with two attached hydrogens (primary N) is 1. The van der Waals surface area contributed by atoms with Gasteiger partial charge < -0.3 is 5.73 Å². The minimum absolute atomic E-state index is 0.215. The first-order valence-electron chi connectivity index (χ1n) is 5.68. The lowest BCUT2D eigenvalue weighted by Crippen LogP contribution is -2.40. The summed E-state index contributed by atoms with van der Waals surface area (Å²) in [7, 11) is -3.64. The predicted octanol–water partition coefficient (Wildman–Crippen LogP) is 2.64. The molecule has 0 atom stereocenters. The zero-order chi connectivity index (χ0) is 15.0. The van der Waals surface area contributed by atoms with Crippen molar-refractivity contribution in [3.63, 3.8) is 0 Å². The van der Waals surface area contributed by atoms with Crippen molar-refractivity contribution >= 4 is 48.6 Å². The van der Waals surface area contributed by atoms with Crippen LogP contribution in [0.1, 0.15) is 23.7 Å². The highest BCUT2D eigenvalue weighted by molar-refractivity contribution is 9.11.